The number of aliphatic hydroxyl groups excluding tert-OH is 1. The van der Waals surface area contributed by atoms with Crippen molar-refractivity contribution in [2.45, 2.75) is 19.6 Å². The summed E-state index contributed by atoms with van der Waals surface area (Å²) in [5.74, 6) is -0.697. The van der Waals surface area contributed by atoms with Crippen LogP contribution in [0, 0.1) is 5.41 Å². The van der Waals surface area contributed by atoms with Crippen LogP contribution in [0.2, 0.25) is 0 Å². The van der Waals surface area contributed by atoms with E-state index in [1.54, 1.807) is 55.5 Å². The maximum atomic E-state index is 12.4. The number of Topliss-reactive ketones (excluding diaryl/α,β-unsaturated/α-hetero) is 1. The summed E-state index contributed by atoms with van der Waals surface area (Å²) in [6.07, 6.45) is 0. The number of ketones is 1. The second-order valence-electron chi connectivity index (χ2n) is 5.41. The van der Waals surface area contributed by atoms with Gasteiger partial charge in [-0.1, -0.05) is 30.3 Å². The number of carbonyl (C=O) groups excluding carboxylic acids is 2. The third-order valence-electron chi connectivity index (χ3n) is 3.59. The Bertz CT molecular complexity index is 769. The monoisotopic (exact) mass is 325 g/mol. The number of amidine groups is 1. The fourth-order valence-electron chi connectivity index (χ4n) is 2.22. The number of carbonyl (C=O) groups is 2. The average molecular weight is 325 g/mol. The van der Waals surface area contributed by atoms with Crippen molar-refractivity contribution in [2.24, 2.45) is 5.73 Å². The normalized spacial score (nSPS) is 11.6. The SMILES string of the molecule is C[C@H](NC(=O)c1ccc(C(=N)N)cc1)C(=O)c1cccc(CO)c1. The van der Waals surface area contributed by atoms with E-state index in [-0.39, 0.29) is 24.1 Å². The maximum absolute atomic E-state index is 12.4. The van der Waals surface area contributed by atoms with Gasteiger partial charge in [0, 0.05) is 16.7 Å². The van der Waals surface area contributed by atoms with Gasteiger partial charge in [-0.3, -0.25) is 15.0 Å². The Balaban J connectivity index is 2.07. The summed E-state index contributed by atoms with van der Waals surface area (Å²) in [7, 11) is 0. The largest absolute Gasteiger partial charge is 0.392 e. The molecule has 24 heavy (non-hydrogen) atoms. The highest BCUT2D eigenvalue weighted by Crippen LogP contribution is 2.09. The first-order valence-electron chi connectivity index (χ1n) is 7.41. The fraction of sp³-hybridized carbons (Fsp3) is 0.167. The molecule has 0 saturated heterocycles. The fourth-order valence-corrected chi connectivity index (χ4v) is 2.22. The van der Waals surface area contributed by atoms with Crippen molar-refractivity contribution in [1.82, 2.24) is 5.32 Å². The Hall–Kier alpha value is -2.99. The van der Waals surface area contributed by atoms with Crippen LogP contribution in [0.1, 0.15) is 38.8 Å². The van der Waals surface area contributed by atoms with Crippen LogP contribution < -0.4 is 11.1 Å². The number of aliphatic hydroxyl groups is 1. The molecule has 0 spiro atoms. The standard InChI is InChI=1S/C18H19N3O3/c1-11(16(23)15-4-2-3-12(9-15)10-22)21-18(24)14-7-5-13(6-8-14)17(19)20/h2-9,11,22H,10H2,1H3,(H3,19,20)(H,21,24)/t11-/m0/s1. The second-order valence-corrected chi connectivity index (χ2v) is 5.41. The molecule has 124 valence electrons. The molecule has 0 aromatic heterocycles. The molecule has 0 aliphatic heterocycles. The number of hydrogen-bond acceptors (Lipinski definition) is 4. The number of hydrogen-bond donors (Lipinski definition) is 4. The number of amides is 1. The quantitative estimate of drug-likeness (QED) is 0.365. The predicted molar refractivity (Wildman–Crippen MR) is 91.1 cm³/mol. The summed E-state index contributed by atoms with van der Waals surface area (Å²) in [6, 6.07) is 12.2. The van der Waals surface area contributed by atoms with Crippen LogP contribution in [0.4, 0.5) is 0 Å². The number of nitrogens with one attached hydrogen (secondary N) is 2. The molecule has 1 amide bonds. The van der Waals surface area contributed by atoms with Gasteiger partial charge in [0.05, 0.1) is 12.6 Å². The Morgan fingerprint density at radius 2 is 1.75 bits per heavy atom. The summed E-state index contributed by atoms with van der Waals surface area (Å²) in [6.45, 7) is 1.46. The Morgan fingerprint density at radius 3 is 2.33 bits per heavy atom. The van der Waals surface area contributed by atoms with Crippen LogP contribution in [0.3, 0.4) is 0 Å². The summed E-state index contributed by atoms with van der Waals surface area (Å²) in [4.78, 5) is 24.6. The van der Waals surface area contributed by atoms with Gasteiger partial charge in [0.15, 0.2) is 5.78 Å². The van der Waals surface area contributed by atoms with Gasteiger partial charge in [-0.2, -0.15) is 0 Å². The van der Waals surface area contributed by atoms with E-state index in [0.717, 1.165) is 0 Å². The molecule has 6 heteroatoms. The summed E-state index contributed by atoms with van der Waals surface area (Å²) >= 11 is 0. The number of rotatable bonds is 6. The Morgan fingerprint density at radius 1 is 1.12 bits per heavy atom. The molecule has 2 aromatic rings. The van der Waals surface area contributed by atoms with E-state index in [2.05, 4.69) is 5.32 Å². The first-order valence-corrected chi connectivity index (χ1v) is 7.41. The minimum atomic E-state index is -0.709. The molecule has 0 fully saturated rings. The molecular weight excluding hydrogens is 306 g/mol. The minimum Gasteiger partial charge on any atom is -0.392 e. The first kappa shape index (κ1) is 17.4. The lowest BCUT2D eigenvalue weighted by Gasteiger charge is -2.13. The third kappa shape index (κ3) is 4.05. The van der Waals surface area contributed by atoms with Gasteiger partial charge in [-0.15, -0.1) is 0 Å². The smallest absolute Gasteiger partial charge is 0.251 e. The molecule has 2 rings (SSSR count). The van der Waals surface area contributed by atoms with E-state index in [1.807, 2.05) is 0 Å². The zero-order chi connectivity index (χ0) is 17.7. The van der Waals surface area contributed by atoms with Crippen LogP contribution >= 0.6 is 0 Å². The topological polar surface area (TPSA) is 116 Å². The molecule has 0 aliphatic rings. The summed E-state index contributed by atoms with van der Waals surface area (Å²) < 4.78 is 0. The molecule has 5 N–H and O–H groups in total. The molecule has 1 atom stereocenters. The molecular formula is C18H19N3O3. The highest BCUT2D eigenvalue weighted by atomic mass is 16.3. The second kappa shape index (κ2) is 7.52. The van der Waals surface area contributed by atoms with Crippen molar-refractivity contribution < 1.29 is 14.7 Å². The lowest BCUT2D eigenvalue weighted by Crippen LogP contribution is -2.38. The molecule has 0 unspecified atom stereocenters. The first-order chi connectivity index (χ1) is 11.4. The molecule has 0 aliphatic carbocycles. The Kier molecular flexibility index (Phi) is 5.44. The van der Waals surface area contributed by atoms with E-state index in [1.165, 1.54) is 0 Å². The molecule has 0 saturated carbocycles. The number of benzene rings is 2. The van der Waals surface area contributed by atoms with Crippen LogP contribution in [-0.2, 0) is 6.61 Å². The van der Waals surface area contributed by atoms with Crippen LogP contribution in [0.5, 0.6) is 0 Å². The van der Waals surface area contributed by atoms with E-state index in [0.29, 0.717) is 22.3 Å². The highest BCUT2D eigenvalue weighted by Gasteiger charge is 2.18. The summed E-state index contributed by atoms with van der Waals surface area (Å²) in [5, 5.41) is 19.1. The van der Waals surface area contributed by atoms with Gasteiger partial charge in [-0.05, 0) is 30.7 Å². The average Bonchev–Trinajstić information content (AvgIpc) is 2.61. The minimum absolute atomic E-state index is 0.0748. The van der Waals surface area contributed by atoms with E-state index < -0.39 is 6.04 Å². The number of nitrogens with two attached hydrogens (primary N) is 1. The number of nitrogen functional groups attached to an aromatic ring is 1. The summed E-state index contributed by atoms with van der Waals surface area (Å²) in [5.41, 5.74) is 7.34. The molecule has 0 radical (unpaired) electrons. The molecule has 0 heterocycles. The molecule has 0 bridgehead atoms. The van der Waals surface area contributed by atoms with E-state index in [4.69, 9.17) is 16.2 Å². The third-order valence-corrected chi connectivity index (χ3v) is 3.59. The van der Waals surface area contributed by atoms with Crippen molar-refractivity contribution >= 4 is 17.5 Å². The highest BCUT2D eigenvalue weighted by molar-refractivity contribution is 6.04. The molecule has 6 nitrogen and oxygen atoms in total. The lowest BCUT2D eigenvalue weighted by molar-refractivity contribution is 0.0865. The van der Waals surface area contributed by atoms with Crippen molar-refractivity contribution in [3.8, 4) is 0 Å². The van der Waals surface area contributed by atoms with Crippen LogP contribution in [-0.4, -0.2) is 28.7 Å². The van der Waals surface area contributed by atoms with Gasteiger partial charge in [0.25, 0.3) is 5.91 Å². The van der Waals surface area contributed by atoms with Crippen molar-refractivity contribution in [3.05, 3.63) is 70.8 Å². The van der Waals surface area contributed by atoms with Crippen LogP contribution in [0.15, 0.2) is 48.5 Å². The zero-order valence-electron chi connectivity index (χ0n) is 13.2. The van der Waals surface area contributed by atoms with Crippen molar-refractivity contribution in [1.29, 1.82) is 5.41 Å². The van der Waals surface area contributed by atoms with E-state index >= 15 is 0 Å². The van der Waals surface area contributed by atoms with Gasteiger partial charge < -0.3 is 16.2 Å². The zero-order valence-corrected chi connectivity index (χ0v) is 13.2. The van der Waals surface area contributed by atoms with Gasteiger partial charge in [0.2, 0.25) is 0 Å². The lowest BCUT2D eigenvalue weighted by atomic mass is 10.0. The molecule has 2 aromatic carbocycles. The predicted octanol–water partition coefficient (Wildman–Crippen LogP) is 1.46. The Labute approximate surface area is 139 Å². The van der Waals surface area contributed by atoms with Gasteiger partial charge >= 0.3 is 0 Å². The van der Waals surface area contributed by atoms with Crippen LogP contribution in [0.25, 0.3) is 0 Å². The van der Waals surface area contributed by atoms with Gasteiger partial charge in [0.1, 0.15) is 5.84 Å². The van der Waals surface area contributed by atoms with E-state index in [9.17, 15) is 9.59 Å². The van der Waals surface area contributed by atoms with Gasteiger partial charge in [-0.25, -0.2) is 0 Å². The maximum Gasteiger partial charge on any atom is 0.251 e. The van der Waals surface area contributed by atoms with Crippen molar-refractivity contribution in [2.75, 3.05) is 0 Å². The van der Waals surface area contributed by atoms with Crippen molar-refractivity contribution in [3.63, 3.8) is 0 Å².